The van der Waals surface area contributed by atoms with Crippen LogP contribution in [0.4, 0.5) is 0 Å². The summed E-state index contributed by atoms with van der Waals surface area (Å²) in [5.74, 6) is -0.0438. The van der Waals surface area contributed by atoms with Crippen molar-refractivity contribution in [1.29, 1.82) is 0 Å². The number of aryl methyl sites for hydroxylation is 1. The molecule has 1 aliphatic rings. The molecular formula is C29H35Cl2N3O3. The molecule has 6 nitrogen and oxygen atoms in total. The highest BCUT2D eigenvalue weighted by atomic mass is 35.5. The molecule has 2 heterocycles. The van der Waals surface area contributed by atoms with Gasteiger partial charge in [-0.2, -0.15) is 0 Å². The van der Waals surface area contributed by atoms with Gasteiger partial charge in [-0.25, -0.2) is 0 Å². The summed E-state index contributed by atoms with van der Waals surface area (Å²) >= 11 is 0. The Hall–Kier alpha value is -2.93. The monoisotopic (exact) mass is 543 g/mol. The predicted octanol–water partition coefficient (Wildman–Crippen LogP) is 4.69. The molecule has 198 valence electrons. The first-order chi connectivity index (χ1) is 17.1. The second-order valence-corrected chi connectivity index (χ2v) is 8.95. The Morgan fingerprint density at radius 3 is 2.03 bits per heavy atom. The third kappa shape index (κ3) is 8.85. The van der Waals surface area contributed by atoms with Crippen LogP contribution in [-0.4, -0.2) is 66.0 Å². The first kappa shape index (κ1) is 30.3. The highest BCUT2D eigenvalue weighted by Crippen LogP contribution is 2.28. The van der Waals surface area contributed by atoms with Crippen LogP contribution < -0.4 is 0 Å². The number of piperazine rings is 1. The number of carbonyl (C=O) groups excluding carboxylic acids is 2. The van der Waals surface area contributed by atoms with Gasteiger partial charge < -0.3 is 9.64 Å². The van der Waals surface area contributed by atoms with Crippen LogP contribution in [0.3, 0.4) is 0 Å². The Bertz CT molecular complexity index is 1070. The van der Waals surface area contributed by atoms with Crippen LogP contribution in [0, 0.1) is 6.92 Å². The lowest BCUT2D eigenvalue weighted by atomic mass is 9.88. The number of carbonyl (C=O) groups is 2. The van der Waals surface area contributed by atoms with Crippen LogP contribution in [0.2, 0.25) is 0 Å². The number of pyridine rings is 1. The van der Waals surface area contributed by atoms with Gasteiger partial charge in [0.25, 0.3) is 0 Å². The lowest BCUT2D eigenvalue weighted by Gasteiger charge is -2.35. The smallest absolute Gasteiger partial charge is 0.320 e. The molecule has 1 aromatic heterocycles. The van der Waals surface area contributed by atoms with Crippen molar-refractivity contribution in [1.82, 2.24) is 14.8 Å². The SMILES string of the molecule is Cc1ncccc1CCOC(=O)CN1CCN(C(=O)CC(c2ccccc2)c2ccccc2)CC1.Cl.Cl. The molecule has 0 bridgehead atoms. The van der Waals surface area contributed by atoms with Crippen LogP contribution in [0.25, 0.3) is 0 Å². The topological polar surface area (TPSA) is 62.7 Å². The van der Waals surface area contributed by atoms with Gasteiger partial charge in [0, 0.05) is 56.8 Å². The average Bonchev–Trinajstić information content (AvgIpc) is 2.90. The molecule has 1 aliphatic heterocycles. The number of ether oxygens (including phenoxy) is 1. The van der Waals surface area contributed by atoms with Gasteiger partial charge in [0.15, 0.2) is 0 Å². The molecular weight excluding hydrogens is 509 g/mol. The summed E-state index contributed by atoms with van der Waals surface area (Å²) in [4.78, 5) is 33.7. The van der Waals surface area contributed by atoms with Crippen molar-refractivity contribution in [2.24, 2.45) is 0 Å². The lowest BCUT2D eigenvalue weighted by molar-refractivity contribution is -0.145. The summed E-state index contributed by atoms with van der Waals surface area (Å²) in [6, 6.07) is 24.3. The number of hydrogen-bond acceptors (Lipinski definition) is 5. The fourth-order valence-electron chi connectivity index (χ4n) is 4.54. The van der Waals surface area contributed by atoms with E-state index in [0.29, 0.717) is 45.6 Å². The van der Waals surface area contributed by atoms with Gasteiger partial charge in [-0.3, -0.25) is 19.5 Å². The van der Waals surface area contributed by atoms with Gasteiger partial charge >= 0.3 is 5.97 Å². The molecule has 0 N–H and O–H groups in total. The van der Waals surface area contributed by atoms with Gasteiger partial charge in [-0.05, 0) is 29.7 Å². The van der Waals surface area contributed by atoms with Gasteiger partial charge in [-0.1, -0.05) is 66.7 Å². The predicted molar refractivity (Wildman–Crippen MR) is 150 cm³/mol. The van der Waals surface area contributed by atoms with E-state index in [4.69, 9.17) is 4.74 Å². The Morgan fingerprint density at radius 1 is 0.865 bits per heavy atom. The van der Waals surface area contributed by atoms with Crippen LogP contribution in [0.5, 0.6) is 0 Å². The van der Waals surface area contributed by atoms with Crippen LogP contribution >= 0.6 is 24.8 Å². The minimum absolute atomic E-state index is 0. The number of hydrogen-bond donors (Lipinski definition) is 0. The summed E-state index contributed by atoms with van der Waals surface area (Å²) in [6.07, 6.45) is 2.86. The van der Waals surface area contributed by atoms with Gasteiger partial charge in [0.1, 0.15) is 0 Å². The standard InChI is InChI=1S/C29H33N3O3.2ClH/c1-23-24(13-8-15-30-23)14-20-35-29(34)22-31-16-18-32(19-17-31)28(33)21-27(25-9-4-2-5-10-25)26-11-6-3-7-12-26;;/h2-13,15,27H,14,16-22H2,1H3;2*1H. The summed E-state index contributed by atoms with van der Waals surface area (Å²) in [5.41, 5.74) is 4.35. The lowest BCUT2D eigenvalue weighted by Crippen LogP contribution is -2.50. The minimum atomic E-state index is -0.223. The summed E-state index contributed by atoms with van der Waals surface area (Å²) in [5, 5.41) is 0. The molecule has 0 aliphatic carbocycles. The van der Waals surface area contributed by atoms with Crippen molar-refractivity contribution in [3.63, 3.8) is 0 Å². The number of nitrogens with zero attached hydrogens (tertiary/aromatic N) is 3. The zero-order valence-corrected chi connectivity index (χ0v) is 22.8. The molecule has 1 amide bonds. The molecule has 1 fully saturated rings. The third-order valence-electron chi connectivity index (χ3n) is 6.61. The van der Waals surface area contributed by atoms with Crippen molar-refractivity contribution in [3.8, 4) is 0 Å². The molecule has 3 aromatic rings. The van der Waals surface area contributed by atoms with E-state index in [0.717, 1.165) is 22.4 Å². The van der Waals surface area contributed by atoms with Crippen LogP contribution in [0.1, 0.15) is 34.7 Å². The van der Waals surface area contributed by atoms with E-state index in [-0.39, 0.29) is 49.2 Å². The van der Waals surface area contributed by atoms with E-state index in [1.807, 2.05) is 60.4 Å². The van der Waals surface area contributed by atoms with Crippen LogP contribution in [-0.2, 0) is 20.7 Å². The van der Waals surface area contributed by atoms with Gasteiger partial charge in [0.05, 0.1) is 13.2 Å². The molecule has 2 aromatic carbocycles. The average molecular weight is 545 g/mol. The van der Waals surface area contributed by atoms with E-state index in [9.17, 15) is 9.59 Å². The maximum Gasteiger partial charge on any atom is 0.320 e. The van der Waals surface area contributed by atoms with E-state index < -0.39 is 0 Å². The molecule has 0 radical (unpaired) electrons. The molecule has 0 spiro atoms. The fraction of sp³-hybridized carbons (Fsp3) is 0.345. The number of benzene rings is 2. The molecule has 0 atom stereocenters. The summed E-state index contributed by atoms with van der Waals surface area (Å²) < 4.78 is 5.44. The molecule has 37 heavy (non-hydrogen) atoms. The van der Waals surface area contributed by atoms with Crippen molar-refractivity contribution in [2.75, 3.05) is 39.3 Å². The van der Waals surface area contributed by atoms with E-state index in [2.05, 4.69) is 34.1 Å². The zero-order valence-electron chi connectivity index (χ0n) is 21.1. The second kappa shape index (κ2) is 15.4. The van der Waals surface area contributed by atoms with Crippen molar-refractivity contribution in [3.05, 3.63) is 101 Å². The number of esters is 1. The molecule has 0 unspecified atom stereocenters. The van der Waals surface area contributed by atoms with Crippen molar-refractivity contribution >= 4 is 36.7 Å². The number of amides is 1. The number of aromatic nitrogens is 1. The fourth-order valence-corrected chi connectivity index (χ4v) is 4.54. The van der Waals surface area contributed by atoms with Crippen molar-refractivity contribution in [2.45, 2.75) is 25.7 Å². The highest BCUT2D eigenvalue weighted by molar-refractivity contribution is 5.85. The largest absolute Gasteiger partial charge is 0.464 e. The van der Waals surface area contributed by atoms with Gasteiger partial charge in [-0.15, -0.1) is 24.8 Å². The first-order valence-electron chi connectivity index (χ1n) is 12.3. The Kier molecular flexibility index (Phi) is 12.6. The highest BCUT2D eigenvalue weighted by Gasteiger charge is 2.26. The summed E-state index contributed by atoms with van der Waals surface area (Å²) in [6.45, 7) is 5.15. The van der Waals surface area contributed by atoms with E-state index in [1.165, 1.54) is 0 Å². The van der Waals surface area contributed by atoms with E-state index >= 15 is 0 Å². The number of rotatable bonds is 9. The Labute approximate surface area is 231 Å². The molecule has 1 saturated heterocycles. The van der Waals surface area contributed by atoms with E-state index in [1.54, 1.807) is 6.20 Å². The maximum atomic E-state index is 13.2. The molecule has 0 saturated carbocycles. The van der Waals surface area contributed by atoms with Gasteiger partial charge in [0.2, 0.25) is 5.91 Å². The maximum absolute atomic E-state index is 13.2. The minimum Gasteiger partial charge on any atom is -0.464 e. The molecule has 4 rings (SSSR count). The third-order valence-corrected chi connectivity index (χ3v) is 6.61. The Balaban J connectivity index is 0.00000241. The van der Waals surface area contributed by atoms with Crippen LogP contribution in [0.15, 0.2) is 79.0 Å². The zero-order chi connectivity index (χ0) is 24.5. The quantitative estimate of drug-likeness (QED) is 0.366. The molecule has 8 heteroatoms. The summed E-state index contributed by atoms with van der Waals surface area (Å²) in [7, 11) is 0. The van der Waals surface area contributed by atoms with Crippen molar-refractivity contribution < 1.29 is 14.3 Å². The normalized spacial score (nSPS) is 13.4. The second-order valence-electron chi connectivity index (χ2n) is 8.95. The number of halogens is 2. The Morgan fingerprint density at radius 2 is 1.46 bits per heavy atom. The first-order valence-corrected chi connectivity index (χ1v) is 12.3.